The van der Waals surface area contributed by atoms with Gasteiger partial charge in [0, 0.05) is 5.69 Å². The normalized spacial score (nSPS) is 26.2. The third kappa shape index (κ3) is 2.28. The summed E-state index contributed by atoms with van der Waals surface area (Å²) >= 11 is 0. The lowest BCUT2D eigenvalue weighted by molar-refractivity contribution is -0.0435. The summed E-state index contributed by atoms with van der Waals surface area (Å²) in [6, 6.07) is 5.86. The van der Waals surface area contributed by atoms with E-state index in [-0.39, 0.29) is 18.3 Å². The van der Waals surface area contributed by atoms with E-state index in [9.17, 15) is 0 Å². The molecule has 0 spiro atoms. The molecule has 1 fully saturated rings. The van der Waals surface area contributed by atoms with E-state index < -0.39 is 0 Å². The van der Waals surface area contributed by atoms with E-state index in [1.165, 1.54) is 0 Å². The Morgan fingerprint density at radius 3 is 2.32 bits per heavy atom. The highest BCUT2D eigenvalue weighted by atomic mass is 16.7. The van der Waals surface area contributed by atoms with Crippen LogP contribution in [0.1, 0.15) is 40.2 Å². The summed E-state index contributed by atoms with van der Waals surface area (Å²) in [4.78, 5) is 0. The van der Waals surface area contributed by atoms with Crippen molar-refractivity contribution < 1.29 is 9.31 Å². The van der Waals surface area contributed by atoms with E-state index >= 15 is 0 Å². The summed E-state index contributed by atoms with van der Waals surface area (Å²) in [5.74, 6) is 0.369. The number of hydrogen-bond acceptors (Lipinski definition) is 3. The molecule has 1 saturated heterocycles. The van der Waals surface area contributed by atoms with Crippen LogP contribution in [0.25, 0.3) is 0 Å². The van der Waals surface area contributed by atoms with E-state index in [0.717, 1.165) is 16.7 Å². The first-order valence-corrected chi connectivity index (χ1v) is 6.89. The van der Waals surface area contributed by atoms with Crippen molar-refractivity contribution in [3.8, 4) is 0 Å². The monoisotopic (exact) mass is 261 g/mol. The summed E-state index contributed by atoms with van der Waals surface area (Å²) in [7, 11) is -0.342. The maximum Gasteiger partial charge on any atom is 0.495 e. The molecule has 0 bridgehead atoms. The Hall–Kier alpha value is -0.995. The first kappa shape index (κ1) is 14.4. The molecular weight excluding hydrogens is 237 g/mol. The first-order chi connectivity index (χ1) is 8.67. The Morgan fingerprint density at radius 1 is 1.16 bits per heavy atom. The molecule has 19 heavy (non-hydrogen) atoms. The Morgan fingerprint density at radius 2 is 1.79 bits per heavy atom. The second kappa shape index (κ2) is 4.53. The molecular formula is C15H24BNO2. The van der Waals surface area contributed by atoms with Crippen molar-refractivity contribution in [2.45, 2.75) is 52.7 Å². The molecule has 0 aromatic heterocycles. The lowest BCUT2D eigenvalue weighted by atomic mass is 9.76. The first-order valence-electron chi connectivity index (χ1n) is 6.89. The van der Waals surface area contributed by atoms with Gasteiger partial charge in [-0.2, -0.15) is 0 Å². The molecule has 4 heteroatoms. The van der Waals surface area contributed by atoms with Crippen molar-refractivity contribution in [1.29, 1.82) is 0 Å². The molecule has 0 amide bonds. The Balaban J connectivity index is 2.38. The number of hydrogen-bond donors (Lipinski definition) is 1. The summed E-state index contributed by atoms with van der Waals surface area (Å²) in [5.41, 5.74) is 8.14. The molecule has 1 aliphatic rings. The van der Waals surface area contributed by atoms with Gasteiger partial charge in [-0.15, -0.1) is 0 Å². The highest BCUT2D eigenvalue weighted by molar-refractivity contribution is 6.62. The molecule has 3 nitrogen and oxygen atoms in total. The van der Waals surface area contributed by atoms with E-state index in [2.05, 4.69) is 41.5 Å². The number of benzene rings is 1. The van der Waals surface area contributed by atoms with Gasteiger partial charge in [0.05, 0.1) is 11.2 Å². The average molecular weight is 261 g/mol. The van der Waals surface area contributed by atoms with Crippen LogP contribution in [0.2, 0.25) is 0 Å². The molecule has 0 radical (unpaired) electrons. The van der Waals surface area contributed by atoms with Gasteiger partial charge in [0.15, 0.2) is 0 Å². The molecule has 1 atom stereocenters. The fourth-order valence-corrected chi connectivity index (χ4v) is 2.64. The summed E-state index contributed by atoms with van der Waals surface area (Å²) < 4.78 is 12.4. The average Bonchev–Trinajstić information content (AvgIpc) is 2.54. The molecule has 1 unspecified atom stereocenters. The van der Waals surface area contributed by atoms with Crippen molar-refractivity contribution in [2.24, 2.45) is 5.92 Å². The van der Waals surface area contributed by atoms with Crippen LogP contribution < -0.4 is 11.2 Å². The Bertz CT molecular complexity index is 487. The van der Waals surface area contributed by atoms with Crippen LogP contribution in [0.4, 0.5) is 5.69 Å². The minimum atomic E-state index is -0.342. The van der Waals surface area contributed by atoms with Gasteiger partial charge < -0.3 is 15.0 Å². The number of nitrogens with two attached hydrogens (primary N) is 1. The number of anilines is 1. The van der Waals surface area contributed by atoms with Gasteiger partial charge in [0.1, 0.15) is 0 Å². The molecule has 2 N–H and O–H groups in total. The second-order valence-electron chi connectivity index (χ2n) is 6.46. The molecule has 0 saturated carbocycles. The maximum absolute atomic E-state index is 6.27. The van der Waals surface area contributed by atoms with Gasteiger partial charge in [-0.25, -0.2) is 0 Å². The zero-order valence-electron chi connectivity index (χ0n) is 12.8. The topological polar surface area (TPSA) is 44.5 Å². The number of aryl methyl sites for hydroxylation is 1. The van der Waals surface area contributed by atoms with E-state index in [1.54, 1.807) is 0 Å². The standard InChI is InChI=1S/C15H24BNO2/c1-10(2)15(6)14(4,5)18-16(19-15)13-9-12(17)8-7-11(13)3/h7-10H,17H2,1-6H3. The van der Waals surface area contributed by atoms with Crippen molar-refractivity contribution in [3.63, 3.8) is 0 Å². The van der Waals surface area contributed by atoms with Crippen LogP contribution in [-0.4, -0.2) is 18.3 Å². The van der Waals surface area contributed by atoms with Crippen LogP contribution in [0.3, 0.4) is 0 Å². The third-order valence-corrected chi connectivity index (χ3v) is 4.61. The van der Waals surface area contributed by atoms with Crippen LogP contribution in [0.5, 0.6) is 0 Å². The summed E-state index contributed by atoms with van der Waals surface area (Å²) in [5, 5.41) is 0. The third-order valence-electron chi connectivity index (χ3n) is 4.61. The highest BCUT2D eigenvalue weighted by Gasteiger charge is 2.56. The van der Waals surface area contributed by atoms with Gasteiger partial charge in [-0.3, -0.25) is 0 Å². The smallest absolute Gasteiger partial charge is 0.399 e. The van der Waals surface area contributed by atoms with E-state index in [0.29, 0.717) is 5.92 Å². The van der Waals surface area contributed by atoms with Crippen LogP contribution in [0.15, 0.2) is 18.2 Å². The maximum atomic E-state index is 6.27. The zero-order valence-corrected chi connectivity index (χ0v) is 12.8. The van der Waals surface area contributed by atoms with Gasteiger partial charge in [-0.1, -0.05) is 25.5 Å². The van der Waals surface area contributed by atoms with Crippen LogP contribution in [-0.2, 0) is 9.31 Å². The van der Waals surface area contributed by atoms with Crippen molar-refractivity contribution >= 4 is 18.3 Å². The minimum absolute atomic E-state index is 0.311. The Kier molecular flexibility index (Phi) is 3.44. The summed E-state index contributed by atoms with van der Waals surface area (Å²) in [6.45, 7) is 12.7. The van der Waals surface area contributed by atoms with Gasteiger partial charge in [0.2, 0.25) is 0 Å². The van der Waals surface area contributed by atoms with Gasteiger partial charge in [0.25, 0.3) is 0 Å². The predicted molar refractivity (Wildman–Crippen MR) is 80.5 cm³/mol. The molecule has 1 heterocycles. The molecule has 104 valence electrons. The quantitative estimate of drug-likeness (QED) is 0.657. The minimum Gasteiger partial charge on any atom is -0.399 e. The van der Waals surface area contributed by atoms with E-state index in [1.807, 2.05) is 18.2 Å². The zero-order chi connectivity index (χ0) is 14.4. The molecule has 2 rings (SSSR count). The fraction of sp³-hybridized carbons (Fsp3) is 0.600. The summed E-state index contributed by atoms with van der Waals surface area (Å²) in [6.07, 6.45) is 0. The lowest BCUT2D eigenvalue weighted by Crippen LogP contribution is -2.48. The molecule has 0 aliphatic carbocycles. The van der Waals surface area contributed by atoms with Crippen molar-refractivity contribution in [2.75, 3.05) is 5.73 Å². The molecule has 1 aliphatic heterocycles. The Labute approximate surface area is 116 Å². The predicted octanol–water partition coefficient (Wildman–Crippen LogP) is 2.51. The number of rotatable bonds is 2. The van der Waals surface area contributed by atoms with Crippen LogP contribution >= 0.6 is 0 Å². The van der Waals surface area contributed by atoms with Gasteiger partial charge >= 0.3 is 7.12 Å². The lowest BCUT2D eigenvalue weighted by Gasteiger charge is -2.39. The largest absolute Gasteiger partial charge is 0.495 e. The van der Waals surface area contributed by atoms with Crippen LogP contribution in [0, 0.1) is 12.8 Å². The van der Waals surface area contributed by atoms with Gasteiger partial charge in [-0.05, 0) is 51.2 Å². The second-order valence-corrected chi connectivity index (χ2v) is 6.46. The number of nitrogen functional groups attached to an aromatic ring is 1. The SMILES string of the molecule is Cc1ccc(N)cc1B1OC(C)(C)C(C)(C(C)C)O1. The molecule has 1 aromatic carbocycles. The highest BCUT2D eigenvalue weighted by Crippen LogP contribution is 2.42. The van der Waals surface area contributed by atoms with E-state index in [4.69, 9.17) is 15.0 Å². The fourth-order valence-electron chi connectivity index (χ4n) is 2.64. The van der Waals surface area contributed by atoms with Crippen molar-refractivity contribution in [3.05, 3.63) is 23.8 Å². The van der Waals surface area contributed by atoms with Crippen molar-refractivity contribution in [1.82, 2.24) is 0 Å². The molecule has 1 aromatic rings.